The third kappa shape index (κ3) is 2.38. The highest BCUT2D eigenvalue weighted by Gasteiger charge is 2.29. The Morgan fingerprint density at radius 2 is 2.16 bits per heavy atom. The quantitative estimate of drug-likeness (QED) is 0.846. The normalized spacial score (nSPS) is 18.2. The lowest BCUT2D eigenvalue weighted by Crippen LogP contribution is -2.12. The zero-order valence-electron chi connectivity index (χ0n) is 10.8. The maximum Gasteiger partial charge on any atom is 0.233 e. The Hall–Kier alpha value is -2.10. The van der Waals surface area contributed by atoms with Crippen LogP contribution in [0.25, 0.3) is 0 Å². The second kappa shape index (κ2) is 4.88. The molecule has 1 aliphatic rings. The highest BCUT2D eigenvalue weighted by Crippen LogP contribution is 2.31. The first-order chi connectivity index (χ1) is 9.24. The number of fused-ring (bicyclic) bond motifs is 1. The summed E-state index contributed by atoms with van der Waals surface area (Å²) in [5, 5.41) is 0. The molecule has 3 rings (SSSR count). The highest BCUT2D eigenvalue weighted by atomic mass is 16.5. The van der Waals surface area contributed by atoms with Gasteiger partial charge in [-0.15, -0.1) is 0 Å². The standard InChI is InChI=1S/C15H15NO3/c1-10-7-8-12(17)15-14(10)16-13(19-15)9-18-11-5-3-2-4-6-11/h2-6,10H,7-9H2,1H3. The van der Waals surface area contributed by atoms with Gasteiger partial charge in [-0.2, -0.15) is 0 Å². The molecule has 1 atom stereocenters. The summed E-state index contributed by atoms with van der Waals surface area (Å²) < 4.78 is 11.1. The van der Waals surface area contributed by atoms with Gasteiger partial charge in [-0.1, -0.05) is 25.1 Å². The molecule has 0 saturated carbocycles. The number of aromatic nitrogens is 1. The summed E-state index contributed by atoms with van der Waals surface area (Å²) in [6.07, 6.45) is 1.39. The number of ketones is 1. The Balaban J connectivity index is 1.76. The van der Waals surface area contributed by atoms with Gasteiger partial charge in [0, 0.05) is 12.3 Å². The zero-order valence-corrected chi connectivity index (χ0v) is 10.8. The van der Waals surface area contributed by atoms with Crippen molar-refractivity contribution in [2.75, 3.05) is 0 Å². The molecule has 1 aliphatic carbocycles. The number of oxazole rings is 1. The van der Waals surface area contributed by atoms with Gasteiger partial charge in [-0.05, 0) is 18.6 Å². The van der Waals surface area contributed by atoms with Gasteiger partial charge in [0.15, 0.2) is 18.2 Å². The predicted octanol–water partition coefficient (Wildman–Crippen LogP) is 3.33. The van der Waals surface area contributed by atoms with E-state index in [1.54, 1.807) is 0 Å². The molecular formula is C15H15NO3. The van der Waals surface area contributed by atoms with Crippen LogP contribution in [0.3, 0.4) is 0 Å². The minimum atomic E-state index is 0.0477. The molecule has 0 fully saturated rings. The lowest BCUT2D eigenvalue weighted by atomic mass is 9.91. The average Bonchev–Trinajstić information content (AvgIpc) is 2.87. The molecule has 1 aromatic heterocycles. The number of para-hydroxylation sites is 1. The minimum Gasteiger partial charge on any atom is -0.484 e. The smallest absolute Gasteiger partial charge is 0.233 e. The summed E-state index contributed by atoms with van der Waals surface area (Å²) in [6, 6.07) is 9.48. The summed E-state index contributed by atoms with van der Waals surface area (Å²) in [4.78, 5) is 16.1. The Morgan fingerprint density at radius 3 is 2.89 bits per heavy atom. The van der Waals surface area contributed by atoms with E-state index in [4.69, 9.17) is 9.15 Å². The first kappa shape index (κ1) is 12.0. The summed E-state index contributed by atoms with van der Waals surface area (Å²) in [5.74, 6) is 1.98. The molecule has 1 heterocycles. The lowest BCUT2D eigenvalue weighted by molar-refractivity contribution is 0.0934. The Morgan fingerprint density at radius 1 is 1.37 bits per heavy atom. The molecule has 0 bridgehead atoms. The molecule has 1 unspecified atom stereocenters. The van der Waals surface area contributed by atoms with Crippen LogP contribution in [0, 0.1) is 0 Å². The number of carbonyl (C=O) groups excluding carboxylic acids is 1. The lowest BCUT2D eigenvalue weighted by Gasteiger charge is -2.13. The number of hydrogen-bond acceptors (Lipinski definition) is 4. The largest absolute Gasteiger partial charge is 0.484 e. The molecule has 2 aromatic rings. The van der Waals surface area contributed by atoms with Crippen molar-refractivity contribution < 1.29 is 13.9 Å². The van der Waals surface area contributed by atoms with E-state index < -0.39 is 0 Å². The van der Waals surface area contributed by atoms with Gasteiger partial charge in [0.1, 0.15) is 5.75 Å². The van der Waals surface area contributed by atoms with Crippen molar-refractivity contribution in [3.63, 3.8) is 0 Å². The van der Waals surface area contributed by atoms with Crippen LogP contribution in [0.15, 0.2) is 34.7 Å². The molecule has 4 nitrogen and oxygen atoms in total. The number of carbonyl (C=O) groups is 1. The second-order valence-corrected chi connectivity index (χ2v) is 4.79. The van der Waals surface area contributed by atoms with Gasteiger partial charge in [-0.25, -0.2) is 4.98 Å². The first-order valence-electron chi connectivity index (χ1n) is 6.44. The molecule has 1 aromatic carbocycles. The highest BCUT2D eigenvalue weighted by molar-refractivity contribution is 5.95. The maximum atomic E-state index is 11.7. The van der Waals surface area contributed by atoms with Crippen LogP contribution in [0.5, 0.6) is 5.75 Å². The number of hydrogen-bond donors (Lipinski definition) is 0. The van der Waals surface area contributed by atoms with Gasteiger partial charge < -0.3 is 9.15 Å². The van der Waals surface area contributed by atoms with E-state index in [1.807, 2.05) is 30.3 Å². The summed E-state index contributed by atoms with van der Waals surface area (Å²) in [5.41, 5.74) is 0.780. The number of Topliss-reactive ketones (excluding diaryl/α,β-unsaturated/α-hetero) is 1. The summed E-state index contributed by atoms with van der Waals surface area (Å²) in [6.45, 7) is 2.31. The molecule has 0 aliphatic heterocycles. The van der Waals surface area contributed by atoms with Gasteiger partial charge in [-0.3, -0.25) is 4.79 Å². The van der Waals surface area contributed by atoms with Crippen LogP contribution in [-0.4, -0.2) is 10.8 Å². The van der Waals surface area contributed by atoms with E-state index in [2.05, 4.69) is 11.9 Å². The topological polar surface area (TPSA) is 52.3 Å². The third-order valence-corrected chi connectivity index (χ3v) is 3.33. The van der Waals surface area contributed by atoms with Crippen molar-refractivity contribution in [2.45, 2.75) is 32.3 Å². The summed E-state index contributed by atoms with van der Waals surface area (Å²) >= 11 is 0. The van der Waals surface area contributed by atoms with Crippen molar-refractivity contribution in [1.82, 2.24) is 4.98 Å². The molecule has 0 spiro atoms. The monoisotopic (exact) mass is 257 g/mol. The number of ether oxygens (including phenoxy) is 1. The molecule has 0 radical (unpaired) electrons. The number of nitrogens with zero attached hydrogens (tertiary/aromatic N) is 1. The minimum absolute atomic E-state index is 0.0477. The molecule has 0 saturated heterocycles. The van der Waals surface area contributed by atoms with Gasteiger partial charge in [0.2, 0.25) is 5.89 Å². The van der Waals surface area contributed by atoms with Gasteiger partial charge in [0.05, 0.1) is 5.69 Å². The van der Waals surface area contributed by atoms with Crippen LogP contribution in [0.1, 0.15) is 47.8 Å². The van der Waals surface area contributed by atoms with Gasteiger partial charge >= 0.3 is 0 Å². The number of benzene rings is 1. The molecule has 0 amide bonds. The Labute approximate surface area is 111 Å². The van der Waals surface area contributed by atoms with E-state index in [0.717, 1.165) is 17.9 Å². The molecular weight excluding hydrogens is 242 g/mol. The molecule has 98 valence electrons. The van der Waals surface area contributed by atoms with Crippen molar-refractivity contribution >= 4 is 5.78 Å². The van der Waals surface area contributed by atoms with Crippen molar-refractivity contribution in [1.29, 1.82) is 0 Å². The fourth-order valence-electron chi connectivity index (χ4n) is 2.23. The Bertz CT molecular complexity index is 589. The molecule has 4 heteroatoms. The fraction of sp³-hybridized carbons (Fsp3) is 0.333. The molecule has 19 heavy (non-hydrogen) atoms. The van der Waals surface area contributed by atoms with Crippen molar-refractivity contribution in [3.8, 4) is 5.75 Å². The van der Waals surface area contributed by atoms with Crippen LogP contribution >= 0.6 is 0 Å². The zero-order chi connectivity index (χ0) is 13.2. The van der Waals surface area contributed by atoms with E-state index in [-0.39, 0.29) is 18.3 Å². The van der Waals surface area contributed by atoms with E-state index in [9.17, 15) is 4.79 Å². The van der Waals surface area contributed by atoms with Crippen LogP contribution in [-0.2, 0) is 6.61 Å². The Kier molecular flexibility index (Phi) is 3.07. The third-order valence-electron chi connectivity index (χ3n) is 3.33. The average molecular weight is 257 g/mol. The van der Waals surface area contributed by atoms with Crippen LogP contribution in [0.2, 0.25) is 0 Å². The fourth-order valence-corrected chi connectivity index (χ4v) is 2.23. The second-order valence-electron chi connectivity index (χ2n) is 4.79. The SMILES string of the molecule is CC1CCC(=O)c2oc(COc3ccccc3)nc21. The molecule has 0 N–H and O–H groups in total. The van der Waals surface area contributed by atoms with E-state index in [0.29, 0.717) is 18.1 Å². The first-order valence-corrected chi connectivity index (χ1v) is 6.44. The van der Waals surface area contributed by atoms with Crippen molar-refractivity contribution in [2.24, 2.45) is 0 Å². The maximum absolute atomic E-state index is 11.7. The van der Waals surface area contributed by atoms with Gasteiger partial charge in [0.25, 0.3) is 0 Å². The predicted molar refractivity (Wildman–Crippen MR) is 69.3 cm³/mol. The van der Waals surface area contributed by atoms with E-state index >= 15 is 0 Å². The van der Waals surface area contributed by atoms with Crippen LogP contribution < -0.4 is 4.74 Å². The summed E-state index contributed by atoms with van der Waals surface area (Å²) in [7, 11) is 0. The van der Waals surface area contributed by atoms with Crippen molar-refractivity contribution in [3.05, 3.63) is 47.7 Å². The number of rotatable bonds is 3. The van der Waals surface area contributed by atoms with Crippen LogP contribution in [0.4, 0.5) is 0 Å². The van der Waals surface area contributed by atoms with E-state index in [1.165, 1.54) is 0 Å².